The molecule has 0 radical (unpaired) electrons. The molecule has 2 rings (SSSR count). The predicted octanol–water partition coefficient (Wildman–Crippen LogP) is -4.49. The van der Waals surface area contributed by atoms with Gasteiger partial charge in [0.2, 0.25) is 0 Å². The summed E-state index contributed by atoms with van der Waals surface area (Å²) < 4.78 is 6.77. The summed E-state index contributed by atoms with van der Waals surface area (Å²) >= 11 is 0. The number of aromatic nitrogens is 3. The Morgan fingerprint density at radius 3 is 2.63 bits per heavy atom. The number of hydrogen-bond donors (Lipinski definition) is 0. The van der Waals surface area contributed by atoms with Crippen LogP contribution in [0, 0.1) is 24.4 Å². The van der Waals surface area contributed by atoms with Crippen molar-refractivity contribution in [3.05, 3.63) is 54.8 Å². The van der Waals surface area contributed by atoms with Gasteiger partial charge in [0.25, 0.3) is 0 Å². The van der Waals surface area contributed by atoms with Crippen LogP contribution in [0.5, 0.6) is 0 Å². The third-order valence-corrected chi connectivity index (χ3v) is 1.94. The fraction of sp³-hybridized carbons (Fsp3) is 0.154. The Hall–Kier alpha value is -1.06. The number of hydrogen-bond acceptors (Lipinski definition) is 3. The normalized spacial score (nSPS) is 8.47. The Morgan fingerprint density at radius 2 is 2.05 bits per heavy atom. The average molecular weight is 239 g/mol. The molecule has 0 aliphatic rings. The molecule has 6 heteroatoms. The molecule has 0 atom stereocenters. The molecule has 1 aromatic carbocycles. The quantitative estimate of drug-likeness (QED) is 0.308. The van der Waals surface area contributed by atoms with Crippen LogP contribution in [0.15, 0.2) is 36.7 Å². The Morgan fingerprint density at radius 1 is 1.32 bits per heavy atom. The van der Waals surface area contributed by atoms with Gasteiger partial charge in [0.1, 0.15) is 6.33 Å². The van der Waals surface area contributed by atoms with Crippen LogP contribution in [0.1, 0.15) is 12.5 Å². The number of ether oxygens (including phenoxy) is 1. The molecule has 1 heterocycles. The Balaban J connectivity index is 0.00000162. The van der Waals surface area contributed by atoms with Crippen molar-refractivity contribution in [1.29, 1.82) is 0 Å². The Kier molecular flexibility index (Phi) is 9.27. The Bertz CT molecular complexity index is 506. The van der Waals surface area contributed by atoms with Crippen molar-refractivity contribution in [3.8, 4) is 11.8 Å². The molecular weight excluding hydrogens is 228 g/mol. The molecule has 19 heavy (non-hydrogen) atoms. The molecule has 0 bridgehead atoms. The van der Waals surface area contributed by atoms with Gasteiger partial charge in [-0.2, -0.15) is 0 Å². The van der Waals surface area contributed by atoms with Gasteiger partial charge in [-0.25, -0.2) is 5.10 Å². The van der Waals surface area contributed by atoms with Crippen molar-refractivity contribution in [1.82, 2.24) is 14.8 Å². The summed E-state index contributed by atoms with van der Waals surface area (Å²) in [6.07, 6.45) is 4.47. The first-order valence-electron chi connectivity index (χ1n) is 5.25. The zero-order valence-electron chi connectivity index (χ0n) is 11.4. The van der Waals surface area contributed by atoms with E-state index >= 15 is 0 Å². The summed E-state index contributed by atoms with van der Waals surface area (Å²) in [6, 6.07) is 9.69. The van der Waals surface area contributed by atoms with Gasteiger partial charge >= 0.3 is 37.7 Å². The van der Waals surface area contributed by atoms with Crippen molar-refractivity contribution < 1.29 is 42.5 Å². The minimum absolute atomic E-state index is 0. The van der Waals surface area contributed by atoms with E-state index in [1.54, 1.807) is 0 Å². The molecular formula is C13H11Li2N3O. The molecule has 0 amide bonds. The summed E-state index contributed by atoms with van der Waals surface area (Å²) in [6.45, 7) is 2.41. The van der Waals surface area contributed by atoms with E-state index in [1.165, 1.54) is 11.0 Å². The SMILES string of the molecule is CCO[C-](C#Cc1ccccc1)n1[c-]ncn1.[Li+].[Li+]. The van der Waals surface area contributed by atoms with Crippen LogP contribution in [-0.2, 0) is 4.74 Å². The zero-order chi connectivity index (χ0) is 11.9. The fourth-order valence-electron chi connectivity index (χ4n) is 1.22. The maximum atomic E-state index is 5.38. The van der Waals surface area contributed by atoms with Crippen molar-refractivity contribution in [3.63, 3.8) is 0 Å². The van der Waals surface area contributed by atoms with E-state index in [4.69, 9.17) is 4.74 Å². The van der Waals surface area contributed by atoms with E-state index < -0.39 is 0 Å². The first-order chi connectivity index (χ1) is 8.40. The van der Waals surface area contributed by atoms with Crippen LogP contribution in [0.3, 0.4) is 0 Å². The van der Waals surface area contributed by atoms with Gasteiger partial charge in [-0.05, 0) is 13.2 Å². The van der Waals surface area contributed by atoms with Crippen LogP contribution in [-0.4, -0.2) is 21.4 Å². The van der Waals surface area contributed by atoms with Gasteiger partial charge in [0.15, 0.2) is 0 Å². The minimum atomic E-state index is 0. The monoisotopic (exact) mass is 239 g/mol. The smallest absolute Gasteiger partial charge is 0.441 e. The second kappa shape index (κ2) is 9.82. The van der Waals surface area contributed by atoms with E-state index in [2.05, 4.69) is 28.3 Å². The number of rotatable bonds is 3. The van der Waals surface area contributed by atoms with Crippen molar-refractivity contribution in [2.45, 2.75) is 6.92 Å². The second-order valence-electron chi connectivity index (χ2n) is 3.13. The molecule has 0 unspecified atom stereocenters. The van der Waals surface area contributed by atoms with Crippen LogP contribution in [0.2, 0.25) is 0 Å². The first kappa shape index (κ1) is 17.9. The molecule has 0 spiro atoms. The van der Waals surface area contributed by atoms with E-state index in [1.807, 2.05) is 37.3 Å². The second-order valence-corrected chi connectivity index (χ2v) is 3.13. The molecule has 0 aliphatic heterocycles. The molecule has 86 valence electrons. The van der Waals surface area contributed by atoms with E-state index in [-0.39, 0.29) is 37.7 Å². The maximum absolute atomic E-state index is 5.38. The summed E-state index contributed by atoms with van der Waals surface area (Å²) in [5.74, 6) is 5.91. The van der Waals surface area contributed by atoms with Gasteiger partial charge in [0, 0.05) is 6.61 Å². The molecule has 4 nitrogen and oxygen atoms in total. The van der Waals surface area contributed by atoms with Gasteiger partial charge < -0.3 is 26.2 Å². The summed E-state index contributed by atoms with van der Waals surface area (Å²) in [4.78, 5) is 3.74. The largest absolute Gasteiger partial charge is 1.00 e. The Labute approximate surface area is 137 Å². The predicted molar refractivity (Wildman–Crippen MR) is 62.4 cm³/mol. The molecule has 0 aliphatic carbocycles. The van der Waals surface area contributed by atoms with Crippen LogP contribution in [0.25, 0.3) is 0 Å². The van der Waals surface area contributed by atoms with Gasteiger partial charge in [-0.1, -0.05) is 30.3 Å². The third kappa shape index (κ3) is 5.62. The van der Waals surface area contributed by atoms with Crippen LogP contribution in [0.4, 0.5) is 0 Å². The standard InChI is InChI=1S/C13H11N3O.2Li/c1-2-17-13(16-11-14-10-15-16)9-8-12-6-4-3-5-7-12;;/h3-7,10H,2H2,1H3;;/q-2;2*+1. The van der Waals surface area contributed by atoms with E-state index in [0.29, 0.717) is 12.8 Å². The van der Waals surface area contributed by atoms with E-state index in [0.717, 1.165) is 5.56 Å². The minimum Gasteiger partial charge on any atom is -0.441 e. The van der Waals surface area contributed by atoms with Crippen molar-refractivity contribution in [2.75, 3.05) is 6.61 Å². The molecule has 1 aromatic heterocycles. The topological polar surface area (TPSA) is 39.9 Å². The molecule has 0 saturated heterocycles. The summed E-state index contributed by atoms with van der Waals surface area (Å²) in [7, 11) is 0. The first-order valence-corrected chi connectivity index (χ1v) is 5.25. The van der Waals surface area contributed by atoms with Crippen molar-refractivity contribution >= 4 is 0 Å². The molecule has 0 fully saturated rings. The third-order valence-electron chi connectivity index (χ3n) is 1.94. The average Bonchev–Trinajstić information content (AvgIpc) is 2.89. The summed E-state index contributed by atoms with van der Waals surface area (Å²) in [5.41, 5.74) is 0.921. The maximum Gasteiger partial charge on any atom is 1.00 e. The van der Waals surface area contributed by atoms with Crippen LogP contribution >= 0.6 is 0 Å². The fourth-order valence-corrected chi connectivity index (χ4v) is 1.22. The van der Waals surface area contributed by atoms with Crippen LogP contribution < -0.4 is 37.7 Å². The summed E-state index contributed by atoms with van der Waals surface area (Å²) in [5, 5.41) is 3.93. The number of nitrogens with zero attached hydrogens (tertiary/aromatic N) is 3. The van der Waals surface area contributed by atoms with Gasteiger partial charge in [-0.3, -0.25) is 0 Å². The van der Waals surface area contributed by atoms with Crippen molar-refractivity contribution in [2.24, 2.45) is 0 Å². The molecule has 2 aromatic rings. The zero-order valence-corrected chi connectivity index (χ0v) is 11.4. The molecule has 0 saturated carbocycles. The van der Waals surface area contributed by atoms with Gasteiger partial charge in [0.05, 0.1) is 0 Å². The molecule has 0 N–H and O–H groups in total. The van der Waals surface area contributed by atoms with Gasteiger partial charge in [-0.15, -0.1) is 11.9 Å². The van der Waals surface area contributed by atoms with E-state index in [9.17, 15) is 0 Å². The number of benzene rings is 1.